The first-order chi connectivity index (χ1) is 29.5. The van der Waals surface area contributed by atoms with Crippen LogP contribution >= 0.6 is 25.1 Å². The van der Waals surface area contributed by atoms with E-state index in [1.165, 1.54) is 9.80 Å². The molecule has 10 rings (SSSR count). The minimum atomic E-state index is -1.59. The van der Waals surface area contributed by atoms with Gasteiger partial charge in [-0.15, -0.1) is 0 Å². The maximum Gasteiger partial charge on any atom is 0.331 e. The molecule has 6 aromatic rings. The van der Waals surface area contributed by atoms with Gasteiger partial charge in [-0.2, -0.15) is 0 Å². The number of carbonyl (C=O) groups is 2. The topological polar surface area (TPSA) is 119 Å². The van der Waals surface area contributed by atoms with Gasteiger partial charge in [0.15, 0.2) is 0 Å². The molecule has 6 aromatic carbocycles. The highest BCUT2D eigenvalue weighted by Gasteiger charge is 2.44. The van der Waals surface area contributed by atoms with Crippen molar-refractivity contribution in [2.45, 2.75) is 6.35 Å². The second-order valence-corrected chi connectivity index (χ2v) is 18.3. The second-order valence-electron chi connectivity index (χ2n) is 14.0. The summed E-state index contributed by atoms with van der Waals surface area (Å²) >= 11 is 0. The lowest BCUT2D eigenvalue weighted by Gasteiger charge is -2.44. The Hall–Kier alpha value is -5.41. The number of carbonyl (C=O) groups excluding carboxylic acids is 2. The summed E-state index contributed by atoms with van der Waals surface area (Å²) in [6.45, 7) is -0.112. The van der Waals surface area contributed by atoms with Crippen LogP contribution in [0.2, 0.25) is 0 Å². The molecule has 0 aromatic heterocycles. The van der Waals surface area contributed by atoms with Gasteiger partial charge in [-0.05, 0) is 53.1 Å². The third-order valence-electron chi connectivity index (χ3n) is 10.5. The summed E-state index contributed by atoms with van der Waals surface area (Å²) in [5.74, 6) is 2.13. The molecule has 12 nitrogen and oxygen atoms in total. The van der Waals surface area contributed by atoms with E-state index < -0.39 is 43.5 Å². The second kappa shape index (κ2) is 16.9. The molecule has 0 aliphatic carbocycles. The van der Waals surface area contributed by atoms with Crippen molar-refractivity contribution in [2.75, 3.05) is 39.5 Å². The quantitative estimate of drug-likeness (QED) is 0.121. The van der Waals surface area contributed by atoms with Gasteiger partial charge in [-0.1, -0.05) is 109 Å². The molecule has 4 aliphatic heterocycles. The number of benzene rings is 6. The Morgan fingerprint density at radius 3 is 1.10 bits per heavy atom. The maximum atomic E-state index is 14.2. The van der Waals surface area contributed by atoms with E-state index in [1.807, 2.05) is 146 Å². The number of fused-ring (bicyclic) bond motifs is 9. The summed E-state index contributed by atoms with van der Waals surface area (Å²) < 4.78 is 38.0. The van der Waals surface area contributed by atoms with Crippen LogP contribution in [0.25, 0.3) is 33.4 Å². The smallest absolute Gasteiger partial charge is 0.331 e. The number of rotatable bonds is 12. The molecule has 0 saturated carbocycles. The molecule has 3 unspecified atom stereocenters. The molecular weight excluding hydrogens is 819 g/mol. The minimum Gasteiger partial charge on any atom is -0.443 e. The van der Waals surface area contributed by atoms with Gasteiger partial charge in [0.25, 0.3) is 25.1 Å². The highest BCUT2D eigenvalue weighted by atomic mass is 31.2. The highest BCUT2D eigenvalue weighted by molar-refractivity contribution is 7.57. The molecule has 60 heavy (non-hydrogen) atoms. The van der Waals surface area contributed by atoms with Gasteiger partial charge in [-0.25, -0.2) is 14.5 Å². The zero-order valence-electron chi connectivity index (χ0n) is 32.1. The van der Waals surface area contributed by atoms with Gasteiger partial charge >= 0.3 is 12.1 Å². The van der Waals surface area contributed by atoms with Crippen LogP contribution in [0.15, 0.2) is 146 Å². The van der Waals surface area contributed by atoms with Gasteiger partial charge < -0.3 is 32.2 Å². The Kier molecular flexibility index (Phi) is 10.9. The first kappa shape index (κ1) is 38.8. The molecule has 3 atom stereocenters. The fraction of sp³-hybridized carbons (Fsp3) is 0.156. The van der Waals surface area contributed by atoms with Crippen LogP contribution in [0.5, 0.6) is 17.2 Å². The fourth-order valence-electron chi connectivity index (χ4n) is 7.62. The van der Waals surface area contributed by atoms with E-state index in [4.69, 9.17) is 27.1 Å². The Morgan fingerprint density at radius 1 is 0.433 bits per heavy atom. The van der Waals surface area contributed by atoms with E-state index in [2.05, 4.69) is 0 Å². The van der Waals surface area contributed by atoms with Crippen LogP contribution in [0.1, 0.15) is 0 Å². The first-order valence-corrected chi connectivity index (χ1v) is 23.0. The number of para-hydroxylation sites is 3. The van der Waals surface area contributed by atoms with Crippen LogP contribution in [-0.2, 0) is 13.6 Å². The number of nitrogens with zero attached hydrogens (tertiary/aromatic N) is 3. The molecule has 1 N–H and O–H groups in total. The van der Waals surface area contributed by atoms with E-state index in [0.717, 1.165) is 54.2 Å². The van der Waals surface area contributed by atoms with Crippen molar-refractivity contribution in [2.24, 2.45) is 0 Å². The molecule has 1 fully saturated rings. The summed E-state index contributed by atoms with van der Waals surface area (Å²) in [5.41, 5.74) is 5.99. The molecule has 0 spiro atoms. The van der Waals surface area contributed by atoms with Crippen LogP contribution in [0, 0.1) is 0 Å². The van der Waals surface area contributed by atoms with Crippen molar-refractivity contribution in [1.29, 1.82) is 0 Å². The molecule has 4 aliphatic rings. The van der Waals surface area contributed by atoms with Gasteiger partial charge in [0, 0.05) is 16.7 Å². The Labute approximate surface area is 350 Å². The monoisotopic (exact) mass is 857 g/mol. The summed E-state index contributed by atoms with van der Waals surface area (Å²) in [5, 5.41) is 14.5. The van der Waals surface area contributed by atoms with Crippen molar-refractivity contribution in [3.63, 3.8) is 0 Å². The predicted octanol–water partition coefficient (Wildman–Crippen LogP) is 8.56. The number of amides is 4. The number of hydrogen-bond donors (Lipinski definition) is 1. The Balaban J connectivity index is 0.856. The number of imide groups is 1. The van der Waals surface area contributed by atoms with Crippen molar-refractivity contribution < 1.29 is 41.8 Å². The number of hydrogen-bond acceptors (Lipinski definition) is 9. The third kappa shape index (κ3) is 7.29. The van der Waals surface area contributed by atoms with Crippen molar-refractivity contribution >= 4 is 53.1 Å². The van der Waals surface area contributed by atoms with Crippen LogP contribution in [0.3, 0.4) is 0 Å². The SMILES string of the molecule is O=C1N(CCOP2Oc3ccccc3-c3ccccc32)C(=O)N(CCOP2Oc3ccccc3-c3ccccc32)C(O)N1CCOP1Oc2ccccc2-c2ccccc21. The lowest BCUT2D eigenvalue weighted by molar-refractivity contribution is -0.0983. The zero-order chi connectivity index (χ0) is 40.6. The molecule has 302 valence electrons. The first-order valence-electron chi connectivity index (χ1n) is 19.5. The zero-order valence-corrected chi connectivity index (χ0v) is 34.8. The average Bonchev–Trinajstić information content (AvgIpc) is 3.29. The summed E-state index contributed by atoms with van der Waals surface area (Å²) in [4.78, 5) is 31.9. The predicted molar refractivity (Wildman–Crippen MR) is 232 cm³/mol. The molecular formula is C45H38N3O9P3. The van der Waals surface area contributed by atoms with E-state index >= 15 is 0 Å². The van der Waals surface area contributed by atoms with Crippen molar-refractivity contribution in [1.82, 2.24) is 14.7 Å². The Bertz CT molecular complexity index is 2460. The third-order valence-corrected chi connectivity index (χ3v) is 15.2. The minimum absolute atomic E-state index is 0.00483. The van der Waals surface area contributed by atoms with Gasteiger partial charge in [0.1, 0.15) is 17.2 Å². The van der Waals surface area contributed by atoms with E-state index in [9.17, 15) is 14.7 Å². The highest BCUT2D eigenvalue weighted by Crippen LogP contribution is 2.51. The van der Waals surface area contributed by atoms with Crippen molar-refractivity contribution in [3.05, 3.63) is 146 Å². The number of aliphatic hydroxyl groups excluding tert-OH is 1. The van der Waals surface area contributed by atoms with Gasteiger partial charge in [0.05, 0.1) is 55.4 Å². The van der Waals surface area contributed by atoms with E-state index in [0.29, 0.717) is 17.2 Å². The maximum absolute atomic E-state index is 14.2. The average molecular weight is 858 g/mol. The Morgan fingerprint density at radius 2 is 0.733 bits per heavy atom. The molecule has 1 saturated heterocycles. The molecule has 4 heterocycles. The molecule has 15 heteroatoms. The van der Waals surface area contributed by atoms with Crippen molar-refractivity contribution in [3.8, 4) is 50.6 Å². The molecule has 0 radical (unpaired) electrons. The fourth-order valence-corrected chi connectivity index (χ4v) is 12.0. The van der Waals surface area contributed by atoms with E-state index in [-0.39, 0.29) is 39.5 Å². The molecule has 0 bridgehead atoms. The normalized spacial score (nSPS) is 19.7. The van der Waals surface area contributed by atoms with Gasteiger partial charge in [0.2, 0.25) is 6.35 Å². The standard InChI is InChI=1S/C45H38N3O9P3/c49-43-46(25-28-52-58-40-22-10-4-16-34(40)31-13-1-7-19-37(31)55-58)44(50)48(27-30-54-60-42-24-12-6-18-36(42)33-15-3-9-21-39(33)57-60)45(51)47(43)26-29-53-59-41-23-11-5-17-35(41)32-14-2-8-20-38(32)56-59/h1-24,43,49H,25-30H2. The lowest BCUT2D eigenvalue weighted by Crippen LogP contribution is -2.67. The van der Waals surface area contributed by atoms with Crippen LogP contribution in [0.4, 0.5) is 9.59 Å². The summed E-state index contributed by atoms with van der Waals surface area (Å²) in [6.07, 6.45) is -1.59. The van der Waals surface area contributed by atoms with Crippen LogP contribution < -0.4 is 29.5 Å². The summed E-state index contributed by atoms with van der Waals surface area (Å²) in [6, 6.07) is 45.8. The van der Waals surface area contributed by atoms with Gasteiger partial charge in [-0.3, -0.25) is 9.80 Å². The summed E-state index contributed by atoms with van der Waals surface area (Å²) in [7, 11) is -4.67. The van der Waals surface area contributed by atoms with Crippen LogP contribution in [-0.4, -0.2) is 77.7 Å². The number of urea groups is 2. The molecule has 4 amide bonds. The lowest BCUT2D eigenvalue weighted by atomic mass is 10.0. The van der Waals surface area contributed by atoms with E-state index in [1.54, 1.807) is 0 Å². The largest absolute Gasteiger partial charge is 0.443 e. The number of aliphatic hydroxyl groups is 1.